The van der Waals surface area contributed by atoms with Crippen molar-refractivity contribution in [1.29, 1.82) is 0 Å². The Morgan fingerprint density at radius 1 is 1.32 bits per heavy atom. The normalized spacial score (nSPS) is 25.1. The molecule has 0 aromatic heterocycles. The van der Waals surface area contributed by atoms with Crippen LogP contribution in [0.25, 0.3) is 0 Å². The van der Waals surface area contributed by atoms with Crippen molar-refractivity contribution in [3.8, 4) is 5.75 Å². The molecule has 0 bridgehead atoms. The van der Waals surface area contributed by atoms with Crippen LogP contribution < -0.4 is 4.74 Å². The molecule has 1 saturated carbocycles. The third-order valence-corrected chi connectivity index (χ3v) is 4.58. The maximum absolute atomic E-state index is 9.81. The van der Waals surface area contributed by atoms with E-state index >= 15 is 0 Å². The fraction of sp³-hybridized carbons (Fsp3) is 0.625. The highest BCUT2D eigenvalue weighted by atomic mass is 79.9. The number of aliphatic hydroxyl groups is 1. The van der Waals surface area contributed by atoms with Crippen molar-refractivity contribution in [2.24, 2.45) is 5.92 Å². The minimum absolute atomic E-state index is 0.301. The van der Waals surface area contributed by atoms with Gasteiger partial charge in [0.15, 0.2) is 0 Å². The molecule has 0 amide bonds. The van der Waals surface area contributed by atoms with Gasteiger partial charge in [-0.1, -0.05) is 35.3 Å². The average Bonchev–Trinajstić information content (AvgIpc) is 2.39. The topological polar surface area (TPSA) is 29.5 Å². The Morgan fingerprint density at radius 3 is 2.58 bits per heavy atom. The fourth-order valence-corrected chi connectivity index (χ4v) is 3.13. The molecule has 2 rings (SSSR count). The van der Waals surface area contributed by atoms with Crippen LogP contribution in [0, 0.1) is 5.92 Å². The van der Waals surface area contributed by atoms with Crippen molar-refractivity contribution in [1.82, 2.24) is 0 Å². The predicted octanol–water partition coefficient (Wildman–Crippen LogP) is 4.85. The molecule has 106 valence electrons. The second-order valence-corrected chi connectivity index (χ2v) is 6.44. The Morgan fingerprint density at radius 2 is 2.00 bits per heavy atom. The second kappa shape index (κ2) is 6.76. The van der Waals surface area contributed by atoms with E-state index in [2.05, 4.69) is 22.9 Å². The van der Waals surface area contributed by atoms with Gasteiger partial charge in [-0.3, -0.25) is 0 Å². The first kappa shape index (κ1) is 14.9. The van der Waals surface area contributed by atoms with E-state index in [9.17, 15) is 5.11 Å². The molecule has 3 heteroatoms. The number of halogens is 1. The zero-order valence-electron chi connectivity index (χ0n) is 11.7. The number of benzene rings is 1. The van der Waals surface area contributed by atoms with Crippen molar-refractivity contribution in [3.63, 3.8) is 0 Å². The lowest BCUT2D eigenvalue weighted by Gasteiger charge is -2.29. The van der Waals surface area contributed by atoms with Gasteiger partial charge in [0.05, 0.1) is 12.2 Å². The van der Waals surface area contributed by atoms with Gasteiger partial charge < -0.3 is 9.84 Å². The molecule has 0 unspecified atom stereocenters. The molecule has 1 atom stereocenters. The SMILES string of the molecule is CCC1CCC(Oc2cc(Br)ccc2[C@@H](C)O)CC1. The Balaban J connectivity index is 2.04. The summed E-state index contributed by atoms with van der Waals surface area (Å²) in [6.07, 6.45) is 5.87. The molecular weight excluding hydrogens is 304 g/mol. The van der Waals surface area contributed by atoms with Crippen LogP contribution in [0.2, 0.25) is 0 Å². The minimum atomic E-state index is -0.491. The molecule has 0 aliphatic heterocycles. The maximum Gasteiger partial charge on any atom is 0.126 e. The zero-order valence-corrected chi connectivity index (χ0v) is 13.3. The Labute approximate surface area is 124 Å². The molecule has 1 fully saturated rings. The maximum atomic E-state index is 9.81. The van der Waals surface area contributed by atoms with Crippen LogP contribution in [-0.4, -0.2) is 11.2 Å². The minimum Gasteiger partial charge on any atom is -0.490 e. The van der Waals surface area contributed by atoms with Crippen LogP contribution in [0.15, 0.2) is 22.7 Å². The van der Waals surface area contributed by atoms with Gasteiger partial charge in [0, 0.05) is 10.0 Å². The van der Waals surface area contributed by atoms with Gasteiger partial charge in [0.1, 0.15) is 5.75 Å². The van der Waals surface area contributed by atoms with Gasteiger partial charge >= 0.3 is 0 Å². The van der Waals surface area contributed by atoms with Crippen LogP contribution in [0.3, 0.4) is 0 Å². The van der Waals surface area contributed by atoms with Gasteiger partial charge in [-0.25, -0.2) is 0 Å². The van der Waals surface area contributed by atoms with Gasteiger partial charge in [0.25, 0.3) is 0 Å². The van der Waals surface area contributed by atoms with Gasteiger partial charge in [-0.2, -0.15) is 0 Å². The first-order valence-corrected chi connectivity index (χ1v) is 8.03. The lowest BCUT2D eigenvalue weighted by Crippen LogP contribution is -2.24. The van der Waals surface area contributed by atoms with E-state index in [4.69, 9.17) is 4.74 Å². The highest BCUT2D eigenvalue weighted by Gasteiger charge is 2.22. The summed E-state index contributed by atoms with van der Waals surface area (Å²) in [5.41, 5.74) is 0.876. The molecule has 1 aliphatic rings. The summed E-state index contributed by atoms with van der Waals surface area (Å²) < 4.78 is 7.13. The van der Waals surface area contributed by atoms with E-state index in [0.717, 1.165) is 34.5 Å². The molecule has 0 saturated heterocycles. The van der Waals surface area contributed by atoms with E-state index in [1.165, 1.54) is 19.3 Å². The van der Waals surface area contributed by atoms with Crippen LogP contribution in [0.1, 0.15) is 57.6 Å². The van der Waals surface area contributed by atoms with Crippen molar-refractivity contribution < 1.29 is 9.84 Å². The van der Waals surface area contributed by atoms with Crippen LogP contribution in [0.4, 0.5) is 0 Å². The molecule has 1 N–H and O–H groups in total. The van der Waals surface area contributed by atoms with Crippen LogP contribution in [0.5, 0.6) is 5.75 Å². The summed E-state index contributed by atoms with van der Waals surface area (Å²) in [6.45, 7) is 4.05. The summed E-state index contributed by atoms with van der Waals surface area (Å²) in [5.74, 6) is 1.70. The Hall–Kier alpha value is -0.540. The lowest BCUT2D eigenvalue weighted by atomic mass is 9.86. The number of ether oxygens (including phenoxy) is 1. The molecular formula is C16H23BrO2. The van der Waals surface area contributed by atoms with Crippen molar-refractivity contribution in [2.45, 2.75) is 58.2 Å². The number of aliphatic hydroxyl groups excluding tert-OH is 1. The van der Waals surface area contributed by atoms with E-state index in [1.807, 2.05) is 18.2 Å². The average molecular weight is 327 g/mol. The summed E-state index contributed by atoms with van der Waals surface area (Å²) in [7, 11) is 0. The van der Waals surface area contributed by atoms with Gasteiger partial charge in [0.2, 0.25) is 0 Å². The van der Waals surface area contributed by atoms with Crippen molar-refractivity contribution in [2.75, 3.05) is 0 Å². The first-order valence-electron chi connectivity index (χ1n) is 7.24. The fourth-order valence-electron chi connectivity index (χ4n) is 2.79. The number of hydrogen-bond acceptors (Lipinski definition) is 2. The molecule has 0 heterocycles. The standard InChI is InChI=1S/C16H23BrO2/c1-3-12-4-7-14(8-5-12)19-16-10-13(17)6-9-15(16)11(2)18/h6,9-12,14,18H,3-5,7-8H2,1-2H3/t11-,12?,14?/m1/s1. The molecule has 1 aromatic rings. The summed E-state index contributed by atoms with van der Waals surface area (Å²) in [6, 6.07) is 5.85. The smallest absolute Gasteiger partial charge is 0.126 e. The van der Waals surface area contributed by atoms with Crippen LogP contribution in [-0.2, 0) is 0 Å². The first-order chi connectivity index (χ1) is 9.10. The lowest BCUT2D eigenvalue weighted by molar-refractivity contribution is 0.122. The molecule has 0 radical (unpaired) electrons. The van der Waals surface area contributed by atoms with Crippen molar-refractivity contribution >= 4 is 15.9 Å². The zero-order chi connectivity index (χ0) is 13.8. The summed E-state index contributed by atoms with van der Waals surface area (Å²) in [5, 5.41) is 9.81. The number of hydrogen-bond donors (Lipinski definition) is 1. The second-order valence-electron chi connectivity index (χ2n) is 5.53. The van der Waals surface area contributed by atoms with Crippen LogP contribution >= 0.6 is 15.9 Å². The van der Waals surface area contributed by atoms with E-state index in [-0.39, 0.29) is 0 Å². The molecule has 19 heavy (non-hydrogen) atoms. The monoisotopic (exact) mass is 326 g/mol. The van der Waals surface area contributed by atoms with Gasteiger partial charge in [-0.15, -0.1) is 0 Å². The molecule has 0 spiro atoms. The third kappa shape index (κ3) is 3.96. The highest BCUT2D eigenvalue weighted by molar-refractivity contribution is 9.10. The third-order valence-electron chi connectivity index (χ3n) is 4.09. The molecule has 2 nitrogen and oxygen atoms in total. The quantitative estimate of drug-likeness (QED) is 0.856. The largest absolute Gasteiger partial charge is 0.490 e. The predicted molar refractivity (Wildman–Crippen MR) is 81.4 cm³/mol. The number of rotatable bonds is 4. The Bertz CT molecular complexity index is 409. The van der Waals surface area contributed by atoms with Crippen molar-refractivity contribution in [3.05, 3.63) is 28.2 Å². The van der Waals surface area contributed by atoms with Gasteiger partial charge in [-0.05, 0) is 50.7 Å². The highest BCUT2D eigenvalue weighted by Crippen LogP contribution is 2.33. The van der Waals surface area contributed by atoms with E-state index in [1.54, 1.807) is 6.92 Å². The van der Waals surface area contributed by atoms with E-state index < -0.39 is 6.10 Å². The molecule has 1 aliphatic carbocycles. The Kier molecular flexibility index (Phi) is 5.28. The summed E-state index contributed by atoms with van der Waals surface area (Å²) in [4.78, 5) is 0. The molecule has 1 aromatic carbocycles. The van der Waals surface area contributed by atoms with E-state index in [0.29, 0.717) is 6.10 Å². The summed E-state index contributed by atoms with van der Waals surface area (Å²) >= 11 is 3.47.